The zero-order valence-corrected chi connectivity index (χ0v) is 9.97. The summed E-state index contributed by atoms with van der Waals surface area (Å²) in [6.07, 6.45) is 0.332. The number of carbonyl (C=O) groups excluding carboxylic acids is 1. The Hall–Kier alpha value is -1.40. The van der Waals surface area contributed by atoms with Crippen molar-refractivity contribution in [1.82, 2.24) is 0 Å². The molecule has 1 aromatic rings. The summed E-state index contributed by atoms with van der Waals surface area (Å²) in [6, 6.07) is 4.60. The maximum atomic E-state index is 11.2. The zero-order valence-electron chi connectivity index (χ0n) is 9.15. The molecule has 1 rings (SSSR count). The summed E-state index contributed by atoms with van der Waals surface area (Å²) >= 11 is 0. The first kappa shape index (κ1) is 12.7. The predicted octanol–water partition coefficient (Wildman–Crippen LogP) is 0.991. The van der Waals surface area contributed by atoms with E-state index in [-0.39, 0.29) is 10.8 Å². The Balaban J connectivity index is 3.13. The van der Waals surface area contributed by atoms with E-state index in [1.54, 1.807) is 26.0 Å². The van der Waals surface area contributed by atoms with Crippen LogP contribution in [0.15, 0.2) is 23.1 Å². The van der Waals surface area contributed by atoms with Gasteiger partial charge in [-0.05, 0) is 24.6 Å². The highest BCUT2D eigenvalue weighted by atomic mass is 32.2. The molecule has 0 aliphatic heterocycles. The Morgan fingerprint density at radius 3 is 2.56 bits per heavy atom. The van der Waals surface area contributed by atoms with Crippen molar-refractivity contribution in [3.05, 3.63) is 23.8 Å². The maximum Gasteiger partial charge on any atom is 0.238 e. The molecule has 5 nitrogen and oxygen atoms in total. The molecule has 6 heteroatoms. The van der Waals surface area contributed by atoms with Crippen LogP contribution in [0.2, 0.25) is 0 Å². The molecule has 3 N–H and O–H groups in total. The topological polar surface area (TPSA) is 89.3 Å². The highest BCUT2D eigenvalue weighted by Crippen LogP contribution is 2.18. The summed E-state index contributed by atoms with van der Waals surface area (Å²) in [4.78, 5) is 11.2. The molecule has 0 atom stereocenters. The number of hydrogen-bond acceptors (Lipinski definition) is 3. The van der Waals surface area contributed by atoms with E-state index in [1.165, 1.54) is 6.07 Å². The van der Waals surface area contributed by atoms with Gasteiger partial charge in [0.05, 0.1) is 4.90 Å². The average Bonchev–Trinajstić information content (AvgIpc) is 2.19. The molecule has 0 fully saturated rings. The van der Waals surface area contributed by atoms with Gasteiger partial charge in [0.1, 0.15) is 0 Å². The Labute approximate surface area is 94.7 Å². The molecule has 1 amide bonds. The number of benzene rings is 1. The van der Waals surface area contributed by atoms with E-state index in [1.807, 2.05) is 0 Å². The molecule has 0 saturated heterocycles. The van der Waals surface area contributed by atoms with Crippen LogP contribution in [0, 0.1) is 6.92 Å². The van der Waals surface area contributed by atoms with Crippen LogP contribution in [0.4, 0.5) is 5.69 Å². The number of primary sulfonamides is 1. The monoisotopic (exact) mass is 242 g/mol. The van der Waals surface area contributed by atoms with Gasteiger partial charge in [0.2, 0.25) is 15.9 Å². The highest BCUT2D eigenvalue weighted by Gasteiger charge is 2.12. The van der Waals surface area contributed by atoms with E-state index in [2.05, 4.69) is 5.32 Å². The summed E-state index contributed by atoms with van der Waals surface area (Å²) in [6.45, 7) is 3.36. The van der Waals surface area contributed by atoms with Crippen LogP contribution >= 0.6 is 0 Å². The van der Waals surface area contributed by atoms with Crippen molar-refractivity contribution in [2.75, 3.05) is 5.32 Å². The van der Waals surface area contributed by atoms with Crippen molar-refractivity contribution in [1.29, 1.82) is 0 Å². The number of aryl methyl sites for hydroxylation is 1. The van der Waals surface area contributed by atoms with E-state index in [9.17, 15) is 13.2 Å². The van der Waals surface area contributed by atoms with E-state index in [4.69, 9.17) is 5.14 Å². The second kappa shape index (κ2) is 4.63. The van der Waals surface area contributed by atoms with Crippen LogP contribution in [0.1, 0.15) is 18.9 Å². The Bertz CT molecular complexity index is 509. The minimum absolute atomic E-state index is 0.0291. The first-order valence-electron chi connectivity index (χ1n) is 4.78. The summed E-state index contributed by atoms with van der Waals surface area (Å²) in [7, 11) is -3.75. The molecule has 0 spiro atoms. The summed E-state index contributed by atoms with van der Waals surface area (Å²) in [5, 5.41) is 7.62. The number of amides is 1. The maximum absolute atomic E-state index is 11.2. The number of anilines is 1. The lowest BCUT2D eigenvalue weighted by molar-refractivity contribution is -0.115. The second-order valence-corrected chi connectivity index (χ2v) is 4.96. The van der Waals surface area contributed by atoms with E-state index in [0.29, 0.717) is 17.7 Å². The molecule has 0 saturated carbocycles. The van der Waals surface area contributed by atoms with Crippen molar-refractivity contribution in [3.8, 4) is 0 Å². The van der Waals surface area contributed by atoms with E-state index in [0.717, 1.165) is 0 Å². The molecule has 1 aromatic carbocycles. The summed E-state index contributed by atoms with van der Waals surface area (Å²) in [5.41, 5.74) is 0.985. The quantitative estimate of drug-likeness (QED) is 0.828. The molecular formula is C10H14N2O3S. The van der Waals surface area contributed by atoms with Crippen LogP contribution in [-0.2, 0) is 14.8 Å². The van der Waals surface area contributed by atoms with E-state index < -0.39 is 10.0 Å². The van der Waals surface area contributed by atoms with Gasteiger partial charge >= 0.3 is 0 Å². The number of rotatable bonds is 3. The van der Waals surface area contributed by atoms with Crippen molar-refractivity contribution in [3.63, 3.8) is 0 Å². The average molecular weight is 242 g/mol. The van der Waals surface area contributed by atoms with Gasteiger partial charge < -0.3 is 5.32 Å². The second-order valence-electron chi connectivity index (χ2n) is 3.43. The standard InChI is InChI=1S/C10H14N2O3S/c1-3-10(13)12-8-5-4-7(2)9(6-8)16(11,14)15/h4-6H,3H2,1-2H3,(H,12,13)(H2,11,14,15). The molecule has 0 heterocycles. The highest BCUT2D eigenvalue weighted by molar-refractivity contribution is 7.89. The van der Waals surface area contributed by atoms with Crippen molar-refractivity contribution < 1.29 is 13.2 Å². The fourth-order valence-electron chi connectivity index (χ4n) is 1.23. The van der Waals surface area contributed by atoms with Gasteiger partial charge in [-0.25, -0.2) is 13.6 Å². The Morgan fingerprint density at radius 1 is 1.44 bits per heavy atom. The van der Waals surface area contributed by atoms with Crippen LogP contribution in [0.3, 0.4) is 0 Å². The molecule has 16 heavy (non-hydrogen) atoms. The molecule has 0 aliphatic rings. The number of sulfonamides is 1. The lowest BCUT2D eigenvalue weighted by Crippen LogP contribution is -2.15. The largest absolute Gasteiger partial charge is 0.326 e. The summed E-state index contributed by atoms with van der Waals surface area (Å²) in [5.74, 6) is -0.177. The third-order valence-corrected chi connectivity index (χ3v) is 3.15. The van der Waals surface area contributed by atoms with Crippen LogP contribution < -0.4 is 10.5 Å². The van der Waals surface area contributed by atoms with Crippen molar-refractivity contribution >= 4 is 21.6 Å². The lowest BCUT2D eigenvalue weighted by atomic mass is 10.2. The van der Waals surface area contributed by atoms with Gasteiger partial charge in [-0.15, -0.1) is 0 Å². The molecule has 0 unspecified atom stereocenters. The van der Waals surface area contributed by atoms with Gasteiger partial charge in [-0.2, -0.15) is 0 Å². The van der Waals surface area contributed by atoms with Gasteiger partial charge in [-0.1, -0.05) is 13.0 Å². The zero-order chi connectivity index (χ0) is 12.3. The summed E-state index contributed by atoms with van der Waals surface area (Å²) < 4.78 is 22.5. The number of carbonyl (C=O) groups is 1. The minimum atomic E-state index is -3.75. The third-order valence-electron chi connectivity index (χ3n) is 2.10. The first-order chi connectivity index (χ1) is 7.34. The van der Waals surface area contributed by atoms with Crippen LogP contribution in [-0.4, -0.2) is 14.3 Å². The molecular weight excluding hydrogens is 228 g/mol. The third kappa shape index (κ3) is 3.04. The fourth-order valence-corrected chi connectivity index (χ4v) is 2.04. The normalized spacial score (nSPS) is 11.2. The SMILES string of the molecule is CCC(=O)Nc1ccc(C)c(S(N)(=O)=O)c1. The van der Waals surface area contributed by atoms with Gasteiger partial charge in [0.15, 0.2) is 0 Å². The molecule has 0 bridgehead atoms. The molecule has 0 aliphatic carbocycles. The van der Waals surface area contributed by atoms with Gasteiger partial charge in [0, 0.05) is 12.1 Å². The molecule has 88 valence electrons. The molecule has 0 radical (unpaired) electrons. The molecule has 0 aromatic heterocycles. The number of hydrogen-bond donors (Lipinski definition) is 2. The number of nitrogens with two attached hydrogens (primary N) is 1. The van der Waals surface area contributed by atoms with Crippen LogP contribution in [0.5, 0.6) is 0 Å². The lowest BCUT2D eigenvalue weighted by Gasteiger charge is -2.07. The van der Waals surface area contributed by atoms with Gasteiger partial charge in [0.25, 0.3) is 0 Å². The predicted molar refractivity (Wildman–Crippen MR) is 61.5 cm³/mol. The van der Waals surface area contributed by atoms with E-state index >= 15 is 0 Å². The first-order valence-corrected chi connectivity index (χ1v) is 6.32. The Kier molecular flexibility index (Phi) is 3.66. The smallest absolute Gasteiger partial charge is 0.238 e. The van der Waals surface area contributed by atoms with Gasteiger partial charge in [-0.3, -0.25) is 4.79 Å². The van der Waals surface area contributed by atoms with Crippen LogP contribution in [0.25, 0.3) is 0 Å². The van der Waals surface area contributed by atoms with Crippen molar-refractivity contribution in [2.45, 2.75) is 25.2 Å². The number of nitrogens with one attached hydrogen (secondary N) is 1. The van der Waals surface area contributed by atoms with Crippen molar-refractivity contribution in [2.24, 2.45) is 5.14 Å². The Morgan fingerprint density at radius 2 is 2.06 bits per heavy atom. The fraction of sp³-hybridized carbons (Fsp3) is 0.300. The minimum Gasteiger partial charge on any atom is -0.326 e.